The molecule has 112 valence electrons. The van der Waals surface area contributed by atoms with E-state index in [2.05, 4.69) is 15.5 Å². The van der Waals surface area contributed by atoms with Crippen molar-refractivity contribution < 1.29 is 9.90 Å². The molecule has 0 bridgehead atoms. The van der Waals surface area contributed by atoms with Crippen molar-refractivity contribution in [2.75, 3.05) is 6.54 Å². The molecule has 3 N–H and O–H groups in total. The zero-order chi connectivity index (χ0) is 15.2. The van der Waals surface area contributed by atoms with Gasteiger partial charge in [-0.3, -0.25) is 9.89 Å². The maximum Gasteiger partial charge on any atom is 0.255 e. The lowest BCUT2D eigenvalue weighted by Crippen LogP contribution is -2.35. The smallest absolute Gasteiger partial charge is 0.255 e. The van der Waals surface area contributed by atoms with Gasteiger partial charge in [-0.1, -0.05) is 50.6 Å². The van der Waals surface area contributed by atoms with Gasteiger partial charge in [-0.05, 0) is 5.92 Å². The van der Waals surface area contributed by atoms with Gasteiger partial charge in [-0.2, -0.15) is 5.10 Å². The van der Waals surface area contributed by atoms with Gasteiger partial charge in [-0.25, -0.2) is 0 Å². The number of rotatable bonds is 6. The van der Waals surface area contributed by atoms with Gasteiger partial charge in [0.2, 0.25) is 0 Å². The zero-order valence-corrected chi connectivity index (χ0v) is 12.3. The third-order valence-corrected chi connectivity index (χ3v) is 3.72. The van der Waals surface area contributed by atoms with E-state index in [1.54, 1.807) is 0 Å². The molecule has 2 aromatic rings. The molecule has 0 radical (unpaired) electrons. The number of aliphatic hydroxyl groups excluding tert-OH is 1. The van der Waals surface area contributed by atoms with Crippen molar-refractivity contribution >= 4 is 5.91 Å². The molecule has 5 heteroatoms. The summed E-state index contributed by atoms with van der Waals surface area (Å²) in [6.45, 7) is 4.22. The van der Waals surface area contributed by atoms with E-state index < -0.39 is 6.10 Å². The molecule has 2 unspecified atom stereocenters. The van der Waals surface area contributed by atoms with Crippen LogP contribution in [0.4, 0.5) is 0 Å². The SMILES string of the molecule is CCC(C)C(O)CNC(=O)c1cn[nH]c1-c1ccccc1. The number of carbonyl (C=O) groups is 1. The summed E-state index contributed by atoms with van der Waals surface area (Å²) in [4.78, 5) is 12.2. The summed E-state index contributed by atoms with van der Waals surface area (Å²) in [7, 11) is 0. The first-order valence-corrected chi connectivity index (χ1v) is 7.18. The molecule has 0 saturated carbocycles. The van der Waals surface area contributed by atoms with Gasteiger partial charge in [-0.15, -0.1) is 0 Å². The van der Waals surface area contributed by atoms with E-state index >= 15 is 0 Å². The highest BCUT2D eigenvalue weighted by Gasteiger charge is 2.17. The van der Waals surface area contributed by atoms with Crippen LogP contribution in [0.25, 0.3) is 11.3 Å². The second-order valence-electron chi connectivity index (χ2n) is 5.19. The maximum absolute atomic E-state index is 12.2. The van der Waals surface area contributed by atoms with Gasteiger partial charge in [0.1, 0.15) is 0 Å². The van der Waals surface area contributed by atoms with Crippen molar-refractivity contribution in [3.63, 3.8) is 0 Å². The monoisotopic (exact) mass is 287 g/mol. The molecule has 1 heterocycles. The lowest BCUT2D eigenvalue weighted by atomic mass is 10.0. The molecule has 2 rings (SSSR count). The summed E-state index contributed by atoms with van der Waals surface area (Å²) in [5.74, 6) is -0.0757. The first kappa shape index (κ1) is 15.3. The van der Waals surface area contributed by atoms with E-state index in [9.17, 15) is 9.90 Å². The van der Waals surface area contributed by atoms with E-state index in [1.807, 2.05) is 44.2 Å². The van der Waals surface area contributed by atoms with Crippen LogP contribution in [0, 0.1) is 5.92 Å². The van der Waals surface area contributed by atoms with Crippen LogP contribution in [-0.2, 0) is 0 Å². The molecule has 0 saturated heterocycles. The molecule has 2 atom stereocenters. The standard InChI is InChI=1S/C16H21N3O2/c1-3-11(2)14(20)10-17-16(21)13-9-18-19-15(13)12-7-5-4-6-8-12/h4-9,11,14,20H,3,10H2,1-2H3,(H,17,21)(H,18,19). The first-order chi connectivity index (χ1) is 10.1. The minimum atomic E-state index is -0.536. The minimum absolute atomic E-state index is 0.156. The van der Waals surface area contributed by atoms with Crippen molar-refractivity contribution in [1.29, 1.82) is 0 Å². The van der Waals surface area contributed by atoms with Crippen LogP contribution in [-0.4, -0.2) is 33.9 Å². The van der Waals surface area contributed by atoms with Gasteiger partial charge in [0.15, 0.2) is 0 Å². The highest BCUT2D eigenvalue weighted by atomic mass is 16.3. The van der Waals surface area contributed by atoms with Gasteiger partial charge >= 0.3 is 0 Å². The molecular weight excluding hydrogens is 266 g/mol. The number of aromatic amines is 1. The zero-order valence-electron chi connectivity index (χ0n) is 12.3. The Hall–Kier alpha value is -2.14. The number of hydrogen-bond acceptors (Lipinski definition) is 3. The van der Waals surface area contributed by atoms with Crippen molar-refractivity contribution in [3.05, 3.63) is 42.1 Å². The number of H-pyrrole nitrogens is 1. The van der Waals surface area contributed by atoms with E-state index in [4.69, 9.17) is 0 Å². The number of nitrogens with one attached hydrogen (secondary N) is 2. The Morgan fingerprint density at radius 2 is 2.10 bits per heavy atom. The third-order valence-electron chi connectivity index (χ3n) is 3.72. The Labute approximate surface area is 124 Å². The molecule has 1 amide bonds. The summed E-state index contributed by atoms with van der Waals surface area (Å²) in [5.41, 5.74) is 2.08. The summed E-state index contributed by atoms with van der Waals surface area (Å²) >= 11 is 0. The Morgan fingerprint density at radius 3 is 2.76 bits per heavy atom. The fraction of sp³-hybridized carbons (Fsp3) is 0.375. The molecule has 0 spiro atoms. The molecule has 0 aliphatic heterocycles. The predicted molar refractivity (Wildman–Crippen MR) is 81.8 cm³/mol. The van der Waals surface area contributed by atoms with Crippen molar-refractivity contribution in [2.24, 2.45) is 5.92 Å². The van der Waals surface area contributed by atoms with Crippen LogP contribution < -0.4 is 5.32 Å². The highest BCUT2D eigenvalue weighted by molar-refractivity contribution is 5.99. The maximum atomic E-state index is 12.2. The largest absolute Gasteiger partial charge is 0.391 e. The summed E-state index contributed by atoms with van der Waals surface area (Å²) in [6.07, 6.45) is 1.84. The number of aromatic nitrogens is 2. The average Bonchev–Trinajstić information content (AvgIpc) is 3.01. The van der Waals surface area contributed by atoms with E-state index in [1.165, 1.54) is 6.20 Å². The molecule has 21 heavy (non-hydrogen) atoms. The molecular formula is C16H21N3O2. The molecule has 5 nitrogen and oxygen atoms in total. The third kappa shape index (κ3) is 3.70. The lowest BCUT2D eigenvalue weighted by Gasteiger charge is -2.17. The van der Waals surface area contributed by atoms with Gasteiger partial charge in [0.05, 0.1) is 23.6 Å². The number of aliphatic hydroxyl groups is 1. The van der Waals surface area contributed by atoms with Gasteiger partial charge in [0, 0.05) is 12.1 Å². The fourth-order valence-electron chi connectivity index (χ4n) is 2.05. The number of carbonyl (C=O) groups excluding carboxylic acids is 1. The van der Waals surface area contributed by atoms with Crippen LogP contribution in [0.15, 0.2) is 36.5 Å². The van der Waals surface area contributed by atoms with Crippen molar-refractivity contribution in [1.82, 2.24) is 15.5 Å². The number of nitrogens with zero attached hydrogens (tertiary/aromatic N) is 1. The Balaban J connectivity index is 2.06. The Morgan fingerprint density at radius 1 is 1.38 bits per heavy atom. The number of hydrogen-bond donors (Lipinski definition) is 3. The van der Waals surface area contributed by atoms with E-state index in [0.29, 0.717) is 11.3 Å². The van der Waals surface area contributed by atoms with Gasteiger partial charge < -0.3 is 10.4 Å². The summed E-state index contributed by atoms with van der Waals surface area (Å²) in [5, 5.41) is 19.5. The number of amides is 1. The van der Waals surface area contributed by atoms with Gasteiger partial charge in [0.25, 0.3) is 5.91 Å². The topological polar surface area (TPSA) is 78.0 Å². The normalized spacial score (nSPS) is 13.7. The van der Waals surface area contributed by atoms with Crippen LogP contribution in [0.5, 0.6) is 0 Å². The predicted octanol–water partition coefficient (Wildman–Crippen LogP) is 2.21. The highest BCUT2D eigenvalue weighted by Crippen LogP contribution is 2.20. The Bertz CT molecular complexity index is 580. The van der Waals surface area contributed by atoms with Crippen LogP contribution in [0.1, 0.15) is 30.6 Å². The lowest BCUT2D eigenvalue weighted by molar-refractivity contribution is 0.0851. The van der Waals surface area contributed by atoms with Crippen molar-refractivity contribution in [3.8, 4) is 11.3 Å². The summed E-state index contributed by atoms with van der Waals surface area (Å²) in [6, 6.07) is 9.56. The minimum Gasteiger partial charge on any atom is -0.391 e. The quantitative estimate of drug-likeness (QED) is 0.762. The average molecular weight is 287 g/mol. The summed E-state index contributed by atoms with van der Waals surface area (Å²) < 4.78 is 0. The van der Waals surface area contributed by atoms with Crippen LogP contribution >= 0.6 is 0 Å². The molecule has 0 aliphatic rings. The number of benzene rings is 1. The van der Waals surface area contributed by atoms with E-state index in [-0.39, 0.29) is 18.4 Å². The Kier molecular flexibility index (Phi) is 5.11. The first-order valence-electron chi connectivity index (χ1n) is 7.18. The molecule has 1 aromatic carbocycles. The second kappa shape index (κ2) is 7.04. The van der Waals surface area contributed by atoms with Crippen LogP contribution in [0.3, 0.4) is 0 Å². The second-order valence-corrected chi connectivity index (χ2v) is 5.19. The fourth-order valence-corrected chi connectivity index (χ4v) is 2.05. The van der Waals surface area contributed by atoms with Crippen molar-refractivity contribution in [2.45, 2.75) is 26.4 Å². The molecule has 1 aromatic heterocycles. The molecule has 0 fully saturated rings. The van der Waals surface area contributed by atoms with E-state index in [0.717, 1.165) is 12.0 Å². The van der Waals surface area contributed by atoms with Crippen LogP contribution in [0.2, 0.25) is 0 Å². The molecule has 0 aliphatic carbocycles.